The minimum atomic E-state index is -2.14. The van der Waals surface area contributed by atoms with E-state index in [1.807, 2.05) is 30.3 Å². The van der Waals surface area contributed by atoms with Crippen LogP contribution in [-0.2, 0) is 32.0 Å². The highest BCUT2D eigenvalue weighted by Gasteiger charge is 2.44. The number of hydrogen-bond acceptors (Lipinski definition) is 8. The molecule has 0 saturated heterocycles. The first-order valence-electron chi connectivity index (χ1n) is 16.6. The molecule has 2 aromatic rings. The van der Waals surface area contributed by atoms with Gasteiger partial charge in [-0.3, -0.25) is 0 Å². The van der Waals surface area contributed by atoms with Gasteiger partial charge in [-0.1, -0.05) is 79.7 Å². The van der Waals surface area contributed by atoms with Crippen LogP contribution in [0.15, 0.2) is 41.8 Å². The number of methoxy groups -OCH3 is 1. The molecule has 46 heavy (non-hydrogen) atoms. The van der Waals surface area contributed by atoms with Gasteiger partial charge in [0.2, 0.25) is 0 Å². The van der Waals surface area contributed by atoms with Crippen molar-refractivity contribution >= 4 is 28.0 Å². The fraction of sp³-hybridized carbons (Fsp3) is 0.694. The third-order valence-electron chi connectivity index (χ3n) is 9.94. The largest absolute Gasteiger partial charge is 0.497 e. The Hall–Kier alpha value is -1.38. The number of thiazole rings is 1. The fourth-order valence-electron chi connectivity index (χ4n) is 4.29. The van der Waals surface area contributed by atoms with E-state index < -0.39 is 22.2 Å². The highest BCUT2D eigenvalue weighted by molar-refractivity contribution is 7.09. The molecule has 1 aromatic heterocycles. The Morgan fingerprint density at radius 3 is 2.07 bits per heavy atom. The zero-order chi connectivity index (χ0) is 35.0. The van der Waals surface area contributed by atoms with Crippen LogP contribution >= 0.6 is 11.3 Å². The van der Waals surface area contributed by atoms with Crippen molar-refractivity contribution in [2.24, 2.45) is 0 Å². The van der Waals surface area contributed by atoms with Gasteiger partial charge in [0, 0.05) is 30.2 Å². The molecule has 7 nitrogen and oxygen atoms in total. The van der Waals surface area contributed by atoms with E-state index in [0.29, 0.717) is 26.2 Å². The molecule has 0 spiro atoms. The second-order valence-corrected chi connectivity index (χ2v) is 26.6. The monoisotopic (exact) mass is 693 g/mol. The van der Waals surface area contributed by atoms with Gasteiger partial charge in [0.1, 0.15) is 16.4 Å². The molecular formula is C36H63NO6SSi2. The Morgan fingerprint density at radius 1 is 0.913 bits per heavy atom. The zero-order valence-corrected chi connectivity index (χ0v) is 33.8. The maximum absolute atomic E-state index is 11.2. The summed E-state index contributed by atoms with van der Waals surface area (Å²) in [4.78, 5) is 5.09. The van der Waals surface area contributed by atoms with E-state index in [4.69, 9.17) is 23.3 Å². The molecule has 2 atom stereocenters. The zero-order valence-electron chi connectivity index (χ0n) is 31.0. The van der Waals surface area contributed by atoms with Crippen molar-refractivity contribution in [1.82, 2.24) is 4.98 Å². The molecule has 0 aliphatic heterocycles. The van der Waals surface area contributed by atoms with E-state index in [-0.39, 0.29) is 34.6 Å². The third kappa shape index (κ3) is 11.6. The van der Waals surface area contributed by atoms with Gasteiger partial charge in [0.15, 0.2) is 16.6 Å². The second-order valence-electron chi connectivity index (χ2n) is 16.1. The minimum Gasteiger partial charge on any atom is -0.497 e. The molecule has 2 unspecified atom stereocenters. The first kappa shape index (κ1) is 40.8. The maximum Gasteiger partial charge on any atom is 0.192 e. The first-order chi connectivity index (χ1) is 21.1. The lowest BCUT2D eigenvalue weighted by molar-refractivity contribution is -0.00806. The third-order valence-corrected chi connectivity index (χ3v) is 20.2. The smallest absolute Gasteiger partial charge is 0.192 e. The number of rotatable bonds is 18. The number of ether oxygens (including phenoxy) is 2. The van der Waals surface area contributed by atoms with Crippen molar-refractivity contribution in [2.75, 3.05) is 26.9 Å². The summed E-state index contributed by atoms with van der Waals surface area (Å²) in [6.07, 6.45) is 5.16. The van der Waals surface area contributed by atoms with Crippen LogP contribution in [0.5, 0.6) is 5.75 Å². The number of benzene rings is 1. The van der Waals surface area contributed by atoms with Crippen molar-refractivity contribution in [1.29, 1.82) is 0 Å². The van der Waals surface area contributed by atoms with Crippen LogP contribution in [0, 0.1) is 0 Å². The predicted octanol–water partition coefficient (Wildman–Crippen LogP) is 8.66. The van der Waals surface area contributed by atoms with Gasteiger partial charge in [-0.25, -0.2) is 4.98 Å². The first-order valence-corrected chi connectivity index (χ1v) is 23.2. The SMILES string of the molecule is COc1ccc(COCCC(O)(/C=C/CC(O[Si](C)(C)C(C)(C)C)C(C)(C)c2nc(CCO[Si](C)(C)C(C)(C)C)cs2)CO)cc1. The summed E-state index contributed by atoms with van der Waals surface area (Å²) in [7, 11) is -2.32. The van der Waals surface area contributed by atoms with Crippen LogP contribution in [0.4, 0.5) is 0 Å². The van der Waals surface area contributed by atoms with Gasteiger partial charge in [0.05, 0.1) is 38.7 Å². The van der Waals surface area contributed by atoms with Crippen LogP contribution in [0.3, 0.4) is 0 Å². The summed E-state index contributed by atoms with van der Waals surface area (Å²) in [6.45, 7) is 28.1. The molecule has 2 rings (SSSR count). The molecule has 0 radical (unpaired) electrons. The summed E-state index contributed by atoms with van der Waals surface area (Å²) in [5, 5.41) is 24.7. The molecule has 2 N–H and O–H groups in total. The number of aromatic nitrogens is 1. The van der Waals surface area contributed by atoms with Crippen molar-refractivity contribution in [3.05, 3.63) is 58.1 Å². The quantitative estimate of drug-likeness (QED) is 0.0918. The maximum atomic E-state index is 11.2. The molecule has 0 bridgehead atoms. The molecule has 1 aromatic carbocycles. The van der Waals surface area contributed by atoms with E-state index >= 15 is 0 Å². The molecule has 0 aliphatic rings. The summed E-state index contributed by atoms with van der Waals surface area (Å²) < 4.78 is 24.5. The lowest BCUT2D eigenvalue weighted by atomic mass is 9.85. The lowest BCUT2D eigenvalue weighted by Crippen LogP contribution is -2.49. The highest BCUT2D eigenvalue weighted by Crippen LogP contribution is 2.42. The van der Waals surface area contributed by atoms with E-state index in [1.165, 1.54) is 0 Å². The second kappa shape index (κ2) is 16.3. The molecule has 0 fully saturated rings. The van der Waals surface area contributed by atoms with Crippen molar-refractivity contribution in [3.8, 4) is 5.75 Å². The molecule has 1 heterocycles. The van der Waals surface area contributed by atoms with Gasteiger partial charge in [0.25, 0.3) is 0 Å². The summed E-state index contributed by atoms with van der Waals surface area (Å²) in [5.41, 5.74) is 0.314. The minimum absolute atomic E-state index is 0.0349. The van der Waals surface area contributed by atoms with Gasteiger partial charge in [-0.05, 0) is 60.4 Å². The molecule has 0 aliphatic carbocycles. The van der Waals surface area contributed by atoms with Gasteiger partial charge >= 0.3 is 0 Å². The Bertz CT molecular complexity index is 1230. The van der Waals surface area contributed by atoms with Crippen molar-refractivity contribution in [3.63, 3.8) is 0 Å². The van der Waals surface area contributed by atoms with Gasteiger partial charge < -0.3 is 28.5 Å². The van der Waals surface area contributed by atoms with E-state index in [1.54, 1.807) is 24.5 Å². The van der Waals surface area contributed by atoms with Gasteiger partial charge in [-0.15, -0.1) is 11.3 Å². The van der Waals surface area contributed by atoms with Crippen LogP contribution in [0.1, 0.15) is 84.5 Å². The average Bonchev–Trinajstić information content (AvgIpc) is 3.43. The predicted molar refractivity (Wildman–Crippen MR) is 197 cm³/mol. The highest BCUT2D eigenvalue weighted by atomic mass is 32.1. The standard InChI is InChI=1S/C36H63NO6SSi2/c1-33(2,3)45(10,11)42-23-20-29-26-44-32(37-29)35(7,8)31(43-46(12,13)34(4,5)6)15-14-21-36(39,27-38)22-24-41-25-28-16-18-30(40-9)19-17-28/h14,16-19,21,26,31,38-39H,15,20,22-25,27H2,1-13H3/b21-14+. The van der Waals surface area contributed by atoms with Crippen LogP contribution in [-0.4, -0.2) is 70.5 Å². The number of nitrogens with zero attached hydrogens (tertiary/aromatic N) is 1. The average molecular weight is 694 g/mol. The Balaban J connectivity index is 2.15. The molecule has 0 saturated carbocycles. The Labute approximate surface area is 286 Å². The summed E-state index contributed by atoms with van der Waals surface area (Å²) in [6, 6.07) is 7.70. The summed E-state index contributed by atoms with van der Waals surface area (Å²) in [5.74, 6) is 0.796. The molecular weight excluding hydrogens is 631 g/mol. The van der Waals surface area contributed by atoms with Crippen molar-refractivity contribution < 1.29 is 28.5 Å². The lowest BCUT2D eigenvalue weighted by Gasteiger charge is -2.43. The van der Waals surface area contributed by atoms with E-state index in [0.717, 1.165) is 28.4 Å². The topological polar surface area (TPSA) is 90.3 Å². The van der Waals surface area contributed by atoms with Gasteiger partial charge in [-0.2, -0.15) is 0 Å². The summed E-state index contributed by atoms with van der Waals surface area (Å²) >= 11 is 1.68. The van der Waals surface area contributed by atoms with Crippen LogP contribution in [0.2, 0.25) is 36.3 Å². The normalized spacial score (nSPS) is 15.7. The molecule has 0 amide bonds. The van der Waals surface area contributed by atoms with E-state index in [2.05, 4.69) is 87.0 Å². The number of aliphatic hydroxyl groups excluding tert-OH is 1. The van der Waals surface area contributed by atoms with Crippen molar-refractivity contribution in [2.45, 2.75) is 135 Å². The van der Waals surface area contributed by atoms with Crippen LogP contribution < -0.4 is 4.74 Å². The Morgan fingerprint density at radius 2 is 1.52 bits per heavy atom. The number of aliphatic hydroxyl groups is 2. The van der Waals surface area contributed by atoms with Crippen LogP contribution in [0.25, 0.3) is 0 Å². The fourth-order valence-corrected chi connectivity index (χ4v) is 7.82. The molecule has 262 valence electrons. The number of hydrogen-bond donors (Lipinski definition) is 2. The van der Waals surface area contributed by atoms with E-state index in [9.17, 15) is 10.2 Å². The Kier molecular flexibility index (Phi) is 14.5. The molecule has 10 heteroatoms.